The molecule has 2 aromatic rings. The summed E-state index contributed by atoms with van der Waals surface area (Å²) in [6, 6.07) is 7.07. The van der Waals surface area contributed by atoms with E-state index in [1.165, 1.54) is 17.0 Å². The maximum absolute atomic E-state index is 13.2. The lowest BCUT2D eigenvalue weighted by Crippen LogP contribution is -2.52. The molecule has 6 nitrogen and oxygen atoms in total. The highest BCUT2D eigenvalue weighted by Gasteiger charge is 2.61. The zero-order valence-electron chi connectivity index (χ0n) is 13.3. The molecule has 0 aromatic heterocycles. The Morgan fingerprint density at radius 3 is 2.19 bits per heavy atom. The van der Waals surface area contributed by atoms with Crippen molar-refractivity contribution >= 4 is 69.9 Å². The zero-order chi connectivity index (χ0) is 19.5. The van der Waals surface area contributed by atoms with Crippen molar-refractivity contribution in [2.24, 2.45) is 0 Å². The van der Waals surface area contributed by atoms with Gasteiger partial charge in [-0.05, 0) is 29.8 Å². The summed E-state index contributed by atoms with van der Waals surface area (Å²) >= 11 is 24.2. The van der Waals surface area contributed by atoms with E-state index >= 15 is 0 Å². The number of halogens is 4. The first kappa shape index (κ1) is 18.4. The molecule has 2 aliphatic rings. The number of carbonyl (C=O) groups excluding carboxylic acids is 3. The Morgan fingerprint density at radius 2 is 1.56 bits per heavy atom. The number of urea groups is 1. The SMILES string of the molecule is O=C1NC(=O)C2(N1)C(=O)N(Cc1ccc(Cl)c(Cl)c1)c1cc(Cl)c(Cl)cc12. The van der Waals surface area contributed by atoms with Gasteiger partial charge in [0.15, 0.2) is 0 Å². The number of imide groups is 1. The molecule has 1 spiro atoms. The van der Waals surface area contributed by atoms with Crippen molar-refractivity contribution in [3.63, 3.8) is 0 Å². The number of fused-ring (bicyclic) bond motifs is 2. The average Bonchev–Trinajstić information content (AvgIpc) is 3.02. The van der Waals surface area contributed by atoms with Gasteiger partial charge >= 0.3 is 6.03 Å². The first-order valence-electron chi connectivity index (χ1n) is 7.63. The van der Waals surface area contributed by atoms with Crippen LogP contribution in [0.15, 0.2) is 30.3 Å². The van der Waals surface area contributed by atoms with Gasteiger partial charge in [-0.1, -0.05) is 52.5 Å². The Balaban J connectivity index is 1.86. The van der Waals surface area contributed by atoms with E-state index in [0.717, 1.165) is 0 Å². The summed E-state index contributed by atoms with van der Waals surface area (Å²) in [5, 5.41) is 5.61. The molecule has 0 bridgehead atoms. The molecule has 1 fully saturated rings. The first-order chi connectivity index (χ1) is 12.7. The predicted molar refractivity (Wildman–Crippen MR) is 102 cm³/mol. The molecule has 27 heavy (non-hydrogen) atoms. The lowest BCUT2D eigenvalue weighted by Gasteiger charge is -2.21. The first-order valence-corrected chi connectivity index (χ1v) is 9.14. The van der Waals surface area contributed by atoms with Crippen LogP contribution in [0, 0.1) is 0 Å². The molecule has 10 heteroatoms. The van der Waals surface area contributed by atoms with E-state index in [1.54, 1.807) is 18.2 Å². The number of carbonyl (C=O) groups is 3. The van der Waals surface area contributed by atoms with Gasteiger partial charge in [-0.2, -0.15) is 0 Å². The molecule has 2 heterocycles. The van der Waals surface area contributed by atoms with Crippen LogP contribution in [0.25, 0.3) is 0 Å². The van der Waals surface area contributed by atoms with Gasteiger partial charge in [-0.3, -0.25) is 14.9 Å². The van der Waals surface area contributed by atoms with Crippen LogP contribution in [-0.2, 0) is 21.7 Å². The molecule has 4 amide bonds. The van der Waals surface area contributed by atoms with Gasteiger partial charge in [0.05, 0.1) is 32.3 Å². The Morgan fingerprint density at radius 1 is 0.889 bits per heavy atom. The quantitative estimate of drug-likeness (QED) is 0.544. The van der Waals surface area contributed by atoms with Gasteiger partial charge in [0, 0.05) is 5.56 Å². The lowest BCUT2D eigenvalue weighted by molar-refractivity contribution is -0.134. The second-order valence-corrected chi connectivity index (χ2v) is 7.71. The molecular formula is C17H9Cl4N3O3. The van der Waals surface area contributed by atoms with Crippen LogP contribution in [0.2, 0.25) is 20.1 Å². The zero-order valence-corrected chi connectivity index (χ0v) is 16.3. The molecule has 138 valence electrons. The highest BCUT2D eigenvalue weighted by Crippen LogP contribution is 2.46. The summed E-state index contributed by atoms with van der Waals surface area (Å²) in [5.41, 5.74) is -0.573. The van der Waals surface area contributed by atoms with Crippen LogP contribution in [0.1, 0.15) is 11.1 Å². The van der Waals surface area contributed by atoms with Gasteiger partial charge in [0.25, 0.3) is 11.8 Å². The lowest BCUT2D eigenvalue weighted by atomic mass is 9.91. The van der Waals surface area contributed by atoms with E-state index in [4.69, 9.17) is 46.4 Å². The van der Waals surface area contributed by atoms with Crippen LogP contribution in [-0.4, -0.2) is 17.8 Å². The minimum absolute atomic E-state index is 0.0889. The molecule has 2 aliphatic heterocycles. The standard InChI is InChI=1S/C17H9Cl4N3O3/c18-9-2-1-7(3-10(9)19)6-24-13-5-12(21)11(20)4-8(13)17(15(24)26)14(25)22-16(27)23-17/h1-5H,6H2,(H2,22,23,25,27). The fourth-order valence-electron chi connectivity index (χ4n) is 3.26. The van der Waals surface area contributed by atoms with E-state index in [2.05, 4.69) is 10.6 Å². The molecule has 1 saturated heterocycles. The molecular weight excluding hydrogens is 436 g/mol. The van der Waals surface area contributed by atoms with E-state index in [-0.39, 0.29) is 22.2 Å². The van der Waals surface area contributed by atoms with Crippen LogP contribution < -0.4 is 15.5 Å². The monoisotopic (exact) mass is 443 g/mol. The van der Waals surface area contributed by atoms with Gasteiger partial charge in [0.1, 0.15) is 0 Å². The predicted octanol–water partition coefficient (Wildman–Crippen LogP) is 3.88. The molecule has 0 saturated carbocycles. The third-order valence-corrected chi connectivity index (χ3v) is 5.95. The number of amides is 4. The Hall–Kier alpha value is -1.99. The third kappa shape index (κ3) is 2.67. The summed E-state index contributed by atoms with van der Waals surface area (Å²) in [5.74, 6) is -1.39. The van der Waals surface area contributed by atoms with Gasteiger partial charge in [-0.25, -0.2) is 4.79 Å². The molecule has 1 unspecified atom stereocenters. The smallest absolute Gasteiger partial charge is 0.312 e. The summed E-state index contributed by atoms with van der Waals surface area (Å²) in [6.45, 7) is 0.0889. The second-order valence-electron chi connectivity index (χ2n) is 6.08. The second kappa shape index (κ2) is 6.27. The van der Waals surface area contributed by atoms with Crippen LogP contribution >= 0.6 is 46.4 Å². The maximum Gasteiger partial charge on any atom is 0.323 e. The van der Waals surface area contributed by atoms with E-state index in [9.17, 15) is 14.4 Å². The minimum Gasteiger partial charge on any atom is -0.312 e. The van der Waals surface area contributed by atoms with Gasteiger partial charge in [0.2, 0.25) is 5.54 Å². The van der Waals surface area contributed by atoms with Crippen molar-refractivity contribution in [3.8, 4) is 0 Å². The van der Waals surface area contributed by atoms with Crippen molar-refractivity contribution in [3.05, 3.63) is 61.5 Å². The molecule has 0 radical (unpaired) electrons. The normalized spacial score (nSPS) is 20.9. The van der Waals surface area contributed by atoms with E-state index < -0.39 is 23.4 Å². The Kier molecular flexibility index (Phi) is 4.27. The Labute approximate surface area is 173 Å². The number of nitrogens with one attached hydrogen (secondary N) is 2. The van der Waals surface area contributed by atoms with E-state index in [1.807, 2.05) is 0 Å². The van der Waals surface area contributed by atoms with Crippen molar-refractivity contribution in [2.45, 2.75) is 12.1 Å². The highest BCUT2D eigenvalue weighted by molar-refractivity contribution is 6.43. The summed E-state index contributed by atoms with van der Waals surface area (Å²) in [7, 11) is 0. The summed E-state index contributed by atoms with van der Waals surface area (Å²) in [6.07, 6.45) is 0. The molecule has 2 N–H and O–H groups in total. The number of hydrogen-bond donors (Lipinski definition) is 2. The largest absolute Gasteiger partial charge is 0.323 e. The van der Waals surface area contributed by atoms with E-state index in [0.29, 0.717) is 21.3 Å². The number of rotatable bonds is 2. The molecule has 1 atom stereocenters. The van der Waals surface area contributed by atoms with Crippen LogP contribution in [0.5, 0.6) is 0 Å². The number of benzene rings is 2. The van der Waals surface area contributed by atoms with Crippen LogP contribution in [0.4, 0.5) is 10.5 Å². The summed E-state index contributed by atoms with van der Waals surface area (Å²) < 4.78 is 0. The number of hydrogen-bond acceptors (Lipinski definition) is 3. The topological polar surface area (TPSA) is 78.5 Å². The Bertz CT molecular complexity index is 1040. The van der Waals surface area contributed by atoms with Crippen LogP contribution in [0.3, 0.4) is 0 Å². The van der Waals surface area contributed by atoms with Crippen molar-refractivity contribution < 1.29 is 14.4 Å². The average molecular weight is 445 g/mol. The minimum atomic E-state index is -1.88. The fourth-order valence-corrected chi connectivity index (χ4v) is 3.90. The van der Waals surface area contributed by atoms with Gasteiger partial charge in [-0.15, -0.1) is 0 Å². The number of anilines is 1. The molecule has 0 aliphatic carbocycles. The van der Waals surface area contributed by atoms with Crippen molar-refractivity contribution in [1.29, 1.82) is 0 Å². The fraction of sp³-hybridized carbons (Fsp3) is 0.118. The van der Waals surface area contributed by atoms with Crippen molar-refractivity contribution in [2.75, 3.05) is 4.90 Å². The van der Waals surface area contributed by atoms with Gasteiger partial charge < -0.3 is 10.2 Å². The molecule has 4 rings (SSSR count). The number of nitrogens with zero attached hydrogens (tertiary/aromatic N) is 1. The maximum atomic E-state index is 13.2. The third-order valence-electron chi connectivity index (χ3n) is 4.49. The molecule has 2 aromatic carbocycles. The summed E-state index contributed by atoms with van der Waals surface area (Å²) in [4.78, 5) is 38.9. The van der Waals surface area contributed by atoms with Crippen molar-refractivity contribution in [1.82, 2.24) is 10.6 Å². The highest BCUT2D eigenvalue weighted by atomic mass is 35.5.